The number of thiazole rings is 1. The molecule has 1 aromatic rings. The Hall–Kier alpha value is -0.410. The van der Waals surface area contributed by atoms with Crippen molar-refractivity contribution in [1.29, 1.82) is 0 Å². The zero-order chi connectivity index (χ0) is 7.52. The van der Waals surface area contributed by atoms with Gasteiger partial charge in [0.1, 0.15) is 0 Å². The highest BCUT2D eigenvalue weighted by Crippen LogP contribution is 2.18. The first kappa shape index (κ1) is 7.25. The van der Waals surface area contributed by atoms with E-state index in [1.165, 1.54) is 25.0 Å². The van der Waals surface area contributed by atoms with Crippen LogP contribution in [0.2, 0.25) is 0 Å². The van der Waals surface area contributed by atoms with Gasteiger partial charge in [-0.05, 0) is 12.8 Å². The minimum absolute atomic E-state index is 0.775. The van der Waals surface area contributed by atoms with Crippen molar-refractivity contribution in [2.45, 2.75) is 31.8 Å². The van der Waals surface area contributed by atoms with Crippen LogP contribution >= 0.6 is 11.3 Å². The molecule has 1 aliphatic rings. The molecule has 0 bridgehead atoms. The van der Waals surface area contributed by atoms with Crippen LogP contribution in [-0.4, -0.2) is 11.0 Å². The number of nitrogens with one attached hydrogen (secondary N) is 1. The van der Waals surface area contributed by atoms with E-state index in [1.807, 2.05) is 5.51 Å². The first-order chi connectivity index (χ1) is 5.45. The van der Waals surface area contributed by atoms with Gasteiger partial charge >= 0.3 is 0 Å². The SMILES string of the molecule is c1nc(CNC2CCC2)cs1. The topological polar surface area (TPSA) is 24.9 Å². The molecule has 11 heavy (non-hydrogen) atoms. The molecule has 2 nitrogen and oxygen atoms in total. The predicted molar refractivity (Wildman–Crippen MR) is 46.6 cm³/mol. The van der Waals surface area contributed by atoms with Gasteiger partial charge in [-0.25, -0.2) is 4.98 Å². The monoisotopic (exact) mass is 168 g/mol. The van der Waals surface area contributed by atoms with E-state index in [1.54, 1.807) is 11.3 Å². The largest absolute Gasteiger partial charge is 0.308 e. The van der Waals surface area contributed by atoms with Crippen LogP contribution in [0.25, 0.3) is 0 Å². The number of nitrogens with zero attached hydrogens (tertiary/aromatic N) is 1. The summed E-state index contributed by atoms with van der Waals surface area (Å²) in [6.07, 6.45) is 4.10. The normalized spacial score (nSPS) is 18.2. The summed E-state index contributed by atoms with van der Waals surface area (Å²) in [7, 11) is 0. The molecular formula is C8H12N2S. The van der Waals surface area contributed by atoms with E-state index in [4.69, 9.17) is 0 Å². The van der Waals surface area contributed by atoms with E-state index in [-0.39, 0.29) is 0 Å². The Kier molecular flexibility index (Phi) is 2.19. The second-order valence-electron chi connectivity index (χ2n) is 2.99. The Morgan fingerprint density at radius 3 is 3.09 bits per heavy atom. The Morgan fingerprint density at radius 1 is 1.64 bits per heavy atom. The summed E-state index contributed by atoms with van der Waals surface area (Å²) in [4.78, 5) is 4.20. The minimum atomic E-state index is 0.775. The van der Waals surface area contributed by atoms with Crippen LogP contribution in [0, 0.1) is 0 Å². The van der Waals surface area contributed by atoms with Gasteiger partial charge in [-0.15, -0.1) is 11.3 Å². The summed E-state index contributed by atoms with van der Waals surface area (Å²) in [6.45, 7) is 0.953. The summed E-state index contributed by atoms with van der Waals surface area (Å²) in [5.74, 6) is 0. The Bertz CT molecular complexity index is 204. The van der Waals surface area contributed by atoms with E-state index in [2.05, 4.69) is 15.7 Å². The molecule has 0 radical (unpaired) electrons. The van der Waals surface area contributed by atoms with Crippen LogP contribution < -0.4 is 5.32 Å². The molecule has 60 valence electrons. The summed E-state index contributed by atoms with van der Waals surface area (Å²) < 4.78 is 0. The fraction of sp³-hybridized carbons (Fsp3) is 0.625. The molecule has 0 atom stereocenters. The van der Waals surface area contributed by atoms with Crippen molar-refractivity contribution in [1.82, 2.24) is 10.3 Å². The molecule has 2 rings (SSSR count). The summed E-state index contributed by atoms with van der Waals surface area (Å²) >= 11 is 1.67. The fourth-order valence-electron chi connectivity index (χ4n) is 1.19. The molecule has 0 saturated heterocycles. The van der Waals surface area contributed by atoms with Gasteiger partial charge in [0.25, 0.3) is 0 Å². The lowest BCUT2D eigenvalue weighted by Crippen LogP contribution is -2.34. The van der Waals surface area contributed by atoms with Gasteiger partial charge in [0.05, 0.1) is 11.2 Å². The molecule has 1 N–H and O–H groups in total. The van der Waals surface area contributed by atoms with Crippen LogP contribution in [0.3, 0.4) is 0 Å². The lowest BCUT2D eigenvalue weighted by atomic mass is 9.93. The standard InChI is InChI=1S/C8H12N2S/c1-2-7(3-1)9-4-8-5-11-6-10-8/h5-7,9H,1-4H2. The Morgan fingerprint density at radius 2 is 2.55 bits per heavy atom. The highest BCUT2D eigenvalue weighted by molar-refractivity contribution is 7.07. The maximum atomic E-state index is 4.20. The number of hydrogen-bond acceptors (Lipinski definition) is 3. The second-order valence-corrected chi connectivity index (χ2v) is 3.71. The molecule has 0 amide bonds. The smallest absolute Gasteiger partial charge is 0.0795 e. The lowest BCUT2D eigenvalue weighted by Gasteiger charge is -2.26. The minimum Gasteiger partial charge on any atom is -0.308 e. The van der Waals surface area contributed by atoms with Gasteiger partial charge in [-0.3, -0.25) is 0 Å². The van der Waals surface area contributed by atoms with Crippen LogP contribution in [-0.2, 0) is 6.54 Å². The van der Waals surface area contributed by atoms with Crippen molar-refractivity contribution in [3.63, 3.8) is 0 Å². The van der Waals surface area contributed by atoms with Crippen LogP contribution in [0.5, 0.6) is 0 Å². The molecular weight excluding hydrogens is 156 g/mol. The van der Waals surface area contributed by atoms with E-state index < -0.39 is 0 Å². The van der Waals surface area contributed by atoms with E-state index in [0.29, 0.717) is 0 Å². The lowest BCUT2D eigenvalue weighted by molar-refractivity contribution is 0.337. The van der Waals surface area contributed by atoms with Gasteiger partial charge in [-0.2, -0.15) is 0 Å². The van der Waals surface area contributed by atoms with Crippen molar-refractivity contribution in [3.8, 4) is 0 Å². The van der Waals surface area contributed by atoms with Crippen LogP contribution in [0.4, 0.5) is 0 Å². The first-order valence-electron chi connectivity index (χ1n) is 4.05. The van der Waals surface area contributed by atoms with Gasteiger partial charge in [0.15, 0.2) is 0 Å². The zero-order valence-corrected chi connectivity index (χ0v) is 7.23. The summed E-state index contributed by atoms with van der Waals surface area (Å²) in [5.41, 5.74) is 3.07. The van der Waals surface area contributed by atoms with Crippen molar-refractivity contribution in [2.24, 2.45) is 0 Å². The summed E-state index contributed by atoms with van der Waals surface area (Å²) in [6, 6.07) is 0.775. The van der Waals surface area contributed by atoms with Crippen molar-refractivity contribution in [3.05, 3.63) is 16.6 Å². The third kappa shape index (κ3) is 1.79. The maximum absolute atomic E-state index is 4.20. The molecule has 0 aliphatic heterocycles. The molecule has 1 aliphatic carbocycles. The average Bonchev–Trinajstić information content (AvgIpc) is 2.36. The first-order valence-corrected chi connectivity index (χ1v) is 5.00. The van der Waals surface area contributed by atoms with Crippen LogP contribution in [0.1, 0.15) is 25.0 Å². The van der Waals surface area contributed by atoms with Crippen molar-refractivity contribution < 1.29 is 0 Å². The molecule has 1 aromatic heterocycles. The van der Waals surface area contributed by atoms with Gasteiger partial charge in [-0.1, -0.05) is 6.42 Å². The van der Waals surface area contributed by atoms with Gasteiger partial charge in [0, 0.05) is 18.0 Å². The average molecular weight is 168 g/mol. The van der Waals surface area contributed by atoms with Gasteiger partial charge in [0.2, 0.25) is 0 Å². The predicted octanol–water partition coefficient (Wildman–Crippen LogP) is 1.79. The summed E-state index contributed by atoms with van der Waals surface area (Å²) in [5, 5.41) is 5.57. The number of rotatable bonds is 3. The van der Waals surface area contributed by atoms with Crippen molar-refractivity contribution >= 4 is 11.3 Å². The van der Waals surface area contributed by atoms with E-state index >= 15 is 0 Å². The molecule has 1 saturated carbocycles. The Balaban J connectivity index is 1.74. The quantitative estimate of drug-likeness (QED) is 0.744. The zero-order valence-electron chi connectivity index (χ0n) is 6.42. The molecule has 0 unspecified atom stereocenters. The van der Waals surface area contributed by atoms with E-state index in [0.717, 1.165) is 12.6 Å². The Labute approximate surface area is 70.7 Å². The molecule has 0 spiro atoms. The maximum Gasteiger partial charge on any atom is 0.0795 e. The third-order valence-corrected chi connectivity index (χ3v) is 2.80. The number of aromatic nitrogens is 1. The van der Waals surface area contributed by atoms with E-state index in [9.17, 15) is 0 Å². The molecule has 1 fully saturated rings. The highest BCUT2D eigenvalue weighted by Gasteiger charge is 2.15. The molecule has 3 heteroatoms. The second kappa shape index (κ2) is 3.32. The van der Waals surface area contributed by atoms with Crippen LogP contribution in [0.15, 0.2) is 10.9 Å². The van der Waals surface area contributed by atoms with Gasteiger partial charge < -0.3 is 5.32 Å². The molecule has 1 heterocycles. The van der Waals surface area contributed by atoms with Crippen molar-refractivity contribution in [2.75, 3.05) is 0 Å². The molecule has 0 aromatic carbocycles. The third-order valence-electron chi connectivity index (χ3n) is 2.16. The number of hydrogen-bond donors (Lipinski definition) is 1. The highest BCUT2D eigenvalue weighted by atomic mass is 32.1. The fourth-order valence-corrected chi connectivity index (χ4v) is 1.74.